The van der Waals surface area contributed by atoms with Gasteiger partial charge in [0.1, 0.15) is 5.75 Å². The van der Waals surface area contributed by atoms with Crippen molar-refractivity contribution < 1.29 is 9.53 Å². The molecule has 5 rings (SSSR count). The first-order chi connectivity index (χ1) is 18.0. The van der Waals surface area contributed by atoms with Gasteiger partial charge >= 0.3 is 0 Å². The Morgan fingerprint density at radius 3 is 2.70 bits per heavy atom. The maximum absolute atomic E-state index is 12.9. The fourth-order valence-electron chi connectivity index (χ4n) is 4.80. The van der Waals surface area contributed by atoms with E-state index in [0.717, 1.165) is 17.1 Å². The van der Waals surface area contributed by atoms with Crippen LogP contribution in [-0.4, -0.2) is 39.1 Å². The van der Waals surface area contributed by atoms with Crippen LogP contribution in [0.15, 0.2) is 91.3 Å². The van der Waals surface area contributed by atoms with Crippen molar-refractivity contribution in [1.82, 2.24) is 19.8 Å². The van der Waals surface area contributed by atoms with E-state index >= 15 is 0 Å². The van der Waals surface area contributed by atoms with Crippen molar-refractivity contribution in [2.75, 3.05) is 19.0 Å². The minimum Gasteiger partial charge on any atom is -0.495 e. The summed E-state index contributed by atoms with van der Waals surface area (Å²) in [5.41, 5.74) is 4.87. The third kappa shape index (κ3) is 5.20. The Morgan fingerprint density at radius 1 is 1.08 bits per heavy atom. The van der Waals surface area contributed by atoms with Crippen LogP contribution in [0, 0.1) is 6.92 Å². The molecule has 37 heavy (non-hydrogen) atoms. The van der Waals surface area contributed by atoms with E-state index in [-0.39, 0.29) is 24.4 Å². The Morgan fingerprint density at radius 2 is 1.92 bits per heavy atom. The first kappa shape index (κ1) is 24.5. The number of carbonyl (C=O) groups is 1. The molecule has 0 radical (unpaired) electrons. The second kappa shape index (κ2) is 10.8. The Kier molecular flexibility index (Phi) is 7.18. The highest BCUT2D eigenvalue weighted by molar-refractivity contribution is 7.80. The number of hydrogen-bond acceptors (Lipinski definition) is 4. The standard InChI is InChI=1S/C29H29N5O2S/c1-20-9-7-10-21(19-20)33-17-8-13-24(33)28-27(23-12-5-6-16-30-23)32-29(37)34(28)18-15-26(35)31-22-11-3-4-14-25(22)36-2/h3-14,16-17,19,27-28H,15,18H2,1-2H3,(H,31,35)(H,32,37)/t27-,28-/m1/s1. The van der Waals surface area contributed by atoms with Crippen molar-refractivity contribution in [1.29, 1.82) is 0 Å². The molecule has 2 atom stereocenters. The summed E-state index contributed by atoms with van der Waals surface area (Å²) in [6.45, 7) is 2.53. The van der Waals surface area contributed by atoms with Gasteiger partial charge in [-0.3, -0.25) is 9.78 Å². The number of aromatic nitrogens is 2. The van der Waals surface area contributed by atoms with Crippen molar-refractivity contribution in [3.8, 4) is 11.4 Å². The highest BCUT2D eigenvalue weighted by Gasteiger charge is 2.41. The summed E-state index contributed by atoms with van der Waals surface area (Å²) in [6.07, 6.45) is 4.12. The molecular weight excluding hydrogens is 482 g/mol. The van der Waals surface area contributed by atoms with Gasteiger partial charge in [0.25, 0.3) is 0 Å². The molecule has 7 nitrogen and oxygen atoms in total. The number of aryl methyl sites for hydroxylation is 1. The molecule has 1 saturated heterocycles. The van der Waals surface area contributed by atoms with E-state index in [1.54, 1.807) is 13.3 Å². The van der Waals surface area contributed by atoms with Gasteiger partial charge in [0.05, 0.1) is 30.6 Å². The summed E-state index contributed by atoms with van der Waals surface area (Å²) in [4.78, 5) is 19.7. The van der Waals surface area contributed by atoms with E-state index in [1.807, 2.05) is 48.5 Å². The zero-order valence-electron chi connectivity index (χ0n) is 20.8. The van der Waals surface area contributed by atoms with E-state index in [9.17, 15) is 4.79 Å². The summed E-state index contributed by atoms with van der Waals surface area (Å²) in [7, 11) is 1.59. The largest absolute Gasteiger partial charge is 0.495 e. The molecule has 8 heteroatoms. The number of nitrogens with one attached hydrogen (secondary N) is 2. The number of pyridine rings is 1. The van der Waals surface area contributed by atoms with Crippen LogP contribution in [0.2, 0.25) is 0 Å². The number of nitrogens with zero attached hydrogens (tertiary/aromatic N) is 3. The normalized spacial score (nSPS) is 16.9. The van der Waals surface area contributed by atoms with Gasteiger partial charge in [-0.15, -0.1) is 0 Å². The maximum atomic E-state index is 12.9. The number of para-hydroxylation sites is 2. The van der Waals surface area contributed by atoms with Crippen molar-refractivity contribution in [3.05, 3.63) is 108 Å². The van der Waals surface area contributed by atoms with Crippen molar-refractivity contribution in [3.63, 3.8) is 0 Å². The number of thiocarbonyl (C=S) groups is 1. The average molecular weight is 512 g/mol. The average Bonchev–Trinajstić information content (AvgIpc) is 3.52. The number of carbonyl (C=O) groups excluding carboxylic acids is 1. The van der Waals surface area contributed by atoms with Crippen molar-refractivity contribution in [2.45, 2.75) is 25.4 Å². The lowest BCUT2D eigenvalue weighted by molar-refractivity contribution is -0.116. The van der Waals surface area contributed by atoms with Gasteiger partial charge in [0.2, 0.25) is 5.91 Å². The molecule has 2 aromatic heterocycles. The molecule has 2 aromatic carbocycles. The van der Waals surface area contributed by atoms with Gasteiger partial charge in [0, 0.05) is 36.7 Å². The van der Waals surface area contributed by atoms with E-state index < -0.39 is 0 Å². The zero-order valence-corrected chi connectivity index (χ0v) is 21.6. The monoisotopic (exact) mass is 511 g/mol. The number of benzene rings is 2. The summed E-state index contributed by atoms with van der Waals surface area (Å²) in [6, 6.07) is 25.5. The second-order valence-electron chi connectivity index (χ2n) is 8.96. The van der Waals surface area contributed by atoms with E-state index in [1.165, 1.54) is 5.56 Å². The SMILES string of the molecule is COc1ccccc1NC(=O)CCN1C(=S)N[C@H](c2ccccn2)[C@H]1c1cccn1-c1cccc(C)c1. The molecule has 0 saturated carbocycles. The fraction of sp³-hybridized carbons (Fsp3) is 0.207. The number of amides is 1. The van der Waals surface area contributed by atoms with Gasteiger partial charge in [-0.1, -0.05) is 30.3 Å². The first-order valence-electron chi connectivity index (χ1n) is 12.2. The van der Waals surface area contributed by atoms with Crippen LogP contribution in [0.3, 0.4) is 0 Å². The van der Waals surface area contributed by atoms with Gasteiger partial charge in [0.15, 0.2) is 5.11 Å². The molecule has 0 aliphatic carbocycles. The molecule has 1 amide bonds. The molecule has 188 valence electrons. The quantitative estimate of drug-likeness (QED) is 0.317. The molecule has 3 heterocycles. The zero-order chi connectivity index (χ0) is 25.8. The molecule has 2 N–H and O–H groups in total. The van der Waals surface area contributed by atoms with Crippen LogP contribution in [-0.2, 0) is 4.79 Å². The molecule has 1 aliphatic heterocycles. The fourth-order valence-corrected chi connectivity index (χ4v) is 5.13. The van der Waals surface area contributed by atoms with Crippen molar-refractivity contribution >= 4 is 28.9 Å². The Labute approximate surface area is 222 Å². The van der Waals surface area contributed by atoms with Crippen LogP contribution in [0.5, 0.6) is 5.75 Å². The first-order valence-corrected chi connectivity index (χ1v) is 12.6. The van der Waals surface area contributed by atoms with Gasteiger partial charge < -0.3 is 24.8 Å². The topological polar surface area (TPSA) is 71.4 Å². The van der Waals surface area contributed by atoms with Crippen LogP contribution in [0.4, 0.5) is 5.69 Å². The molecule has 1 fully saturated rings. The highest BCUT2D eigenvalue weighted by atomic mass is 32.1. The number of methoxy groups -OCH3 is 1. The maximum Gasteiger partial charge on any atom is 0.226 e. The Balaban J connectivity index is 1.44. The number of anilines is 1. The van der Waals surface area contributed by atoms with Crippen LogP contribution >= 0.6 is 12.2 Å². The van der Waals surface area contributed by atoms with E-state index in [2.05, 4.69) is 68.5 Å². The van der Waals surface area contributed by atoms with Crippen LogP contribution < -0.4 is 15.4 Å². The van der Waals surface area contributed by atoms with Crippen LogP contribution in [0.25, 0.3) is 5.69 Å². The number of hydrogen-bond donors (Lipinski definition) is 2. The molecule has 1 aliphatic rings. The predicted molar refractivity (Wildman–Crippen MR) is 149 cm³/mol. The lowest BCUT2D eigenvalue weighted by Crippen LogP contribution is -2.33. The Bertz CT molecular complexity index is 1400. The molecule has 0 spiro atoms. The lowest BCUT2D eigenvalue weighted by Gasteiger charge is -2.29. The van der Waals surface area contributed by atoms with Gasteiger partial charge in [-0.25, -0.2) is 0 Å². The Hall–Kier alpha value is -4.17. The minimum absolute atomic E-state index is 0.110. The third-order valence-corrected chi connectivity index (χ3v) is 6.87. The van der Waals surface area contributed by atoms with Gasteiger partial charge in [-0.05, 0) is 73.2 Å². The summed E-state index contributed by atoms with van der Waals surface area (Å²) < 4.78 is 7.55. The van der Waals surface area contributed by atoms with Crippen LogP contribution in [0.1, 0.15) is 35.5 Å². The third-order valence-electron chi connectivity index (χ3n) is 6.52. The molecular formula is C29H29N5O2S. The summed E-state index contributed by atoms with van der Waals surface area (Å²) >= 11 is 5.80. The minimum atomic E-state index is -0.163. The highest BCUT2D eigenvalue weighted by Crippen LogP contribution is 2.39. The van der Waals surface area contributed by atoms with E-state index in [4.69, 9.17) is 17.0 Å². The number of rotatable bonds is 8. The van der Waals surface area contributed by atoms with Crippen molar-refractivity contribution in [2.24, 2.45) is 0 Å². The predicted octanol–water partition coefficient (Wildman–Crippen LogP) is 5.19. The molecule has 4 aromatic rings. The smallest absolute Gasteiger partial charge is 0.226 e. The number of ether oxygens (including phenoxy) is 1. The summed E-state index contributed by atoms with van der Waals surface area (Å²) in [5, 5.41) is 7.03. The second-order valence-corrected chi connectivity index (χ2v) is 9.35. The van der Waals surface area contributed by atoms with E-state index in [0.29, 0.717) is 23.1 Å². The molecule has 0 unspecified atom stereocenters. The summed E-state index contributed by atoms with van der Waals surface area (Å²) in [5.74, 6) is 0.514. The van der Waals surface area contributed by atoms with Gasteiger partial charge in [-0.2, -0.15) is 0 Å². The lowest BCUT2D eigenvalue weighted by atomic mass is 10.0. The molecule has 0 bridgehead atoms.